The minimum atomic E-state index is -1.08. The quantitative estimate of drug-likeness (QED) is 0.487. The van der Waals surface area contributed by atoms with Gasteiger partial charge >= 0.3 is 5.97 Å². The molecule has 4 nitrogen and oxygen atoms in total. The van der Waals surface area contributed by atoms with E-state index >= 15 is 0 Å². The van der Waals surface area contributed by atoms with Crippen LogP contribution in [-0.4, -0.2) is 33.5 Å². The van der Waals surface area contributed by atoms with Crippen molar-refractivity contribution in [1.29, 1.82) is 0 Å². The fourth-order valence-electron chi connectivity index (χ4n) is 1.43. The van der Waals surface area contributed by atoms with Crippen molar-refractivity contribution in [1.82, 2.24) is 0 Å². The maximum Gasteiger partial charge on any atom is 0.309 e. The summed E-state index contributed by atoms with van der Waals surface area (Å²) in [4.78, 5) is 10.4. The molecule has 0 bridgehead atoms. The van der Waals surface area contributed by atoms with Crippen molar-refractivity contribution in [2.45, 2.75) is 31.5 Å². The number of aliphatic hydroxyl groups excluding tert-OH is 2. The second-order valence-corrected chi connectivity index (χ2v) is 2.93. The van der Waals surface area contributed by atoms with Gasteiger partial charge in [0.1, 0.15) is 0 Å². The summed E-state index contributed by atoms with van der Waals surface area (Å²) in [6.45, 7) is 0. The van der Waals surface area contributed by atoms with Gasteiger partial charge in [0.05, 0.1) is 18.1 Å². The summed E-state index contributed by atoms with van der Waals surface area (Å²) in [5.41, 5.74) is 0. The minimum Gasteiger partial charge on any atom is -0.481 e. The van der Waals surface area contributed by atoms with E-state index in [0.717, 1.165) is 0 Å². The molecule has 1 saturated carbocycles. The number of aliphatic hydroxyl groups is 2. The minimum absolute atomic E-state index is 0.466. The second-order valence-electron chi connectivity index (χ2n) is 2.93. The molecule has 1 fully saturated rings. The average molecular weight is 160 g/mol. The Balaban J connectivity index is 2.58. The van der Waals surface area contributed by atoms with Gasteiger partial charge in [-0.25, -0.2) is 0 Å². The number of carboxylic acids is 1. The van der Waals surface area contributed by atoms with Gasteiger partial charge < -0.3 is 15.3 Å². The van der Waals surface area contributed by atoms with Gasteiger partial charge in [-0.2, -0.15) is 0 Å². The summed E-state index contributed by atoms with van der Waals surface area (Å²) < 4.78 is 0. The molecule has 0 amide bonds. The fourth-order valence-corrected chi connectivity index (χ4v) is 1.43. The SMILES string of the molecule is O=C(O)[C@@H]1CCC[C@@H](O)C1O. The van der Waals surface area contributed by atoms with Crippen molar-refractivity contribution in [3.8, 4) is 0 Å². The van der Waals surface area contributed by atoms with Gasteiger partial charge in [0.2, 0.25) is 0 Å². The van der Waals surface area contributed by atoms with Crippen LogP contribution in [0.25, 0.3) is 0 Å². The van der Waals surface area contributed by atoms with Crippen LogP contribution in [-0.2, 0) is 4.79 Å². The van der Waals surface area contributed by atoms with E-state index in [1.54, 1.807) is 0 Å². The summed E-state index contributed by atoms with van der Waals surface area (Å²) in [5, 5.41) is 26.8. The van der Waals surface area contributed by atoms with Crippen LogP contribution in [0.15, 0.2) is 0 Å². The third-order valence-electron chi connectivity index (χ3n) is 2.14. The standard InChI is InChI=1S/C7H12O4/c8-5-3-1-2-4(6(5)9)7(10)11/h4-6,8-9H,1-3H2,(H,10,11)/t4-,5-,6?/m1/s1. The molecule has 1 aliphatic rings. The number of carbonyl (C=O) groups is 1. The molecule has 64 valence electrons. The molecule has 3 N–H and O–H groups in total. The smallest absolute Gasteiger partial charge is 0.309 e. The molecule has 0 saturated heterocycles. The zero-order valence-corrected chi connectivity index (χ0v) is 6.10. The van der Waals surface area contributed by atoms with Crippen molar-refractivity contribution >= 4 is 5.97 Å². The van der Waals surface area contributed by atoms with E-state index in [0.29, 0.717) is 19.3 Å². The van der Waals surface area contributed by atoms with E-state index in [-0.39, 0.29) is 0 Å². The normalized spacial score (nSPS) is 38.5. The molecular weight excluding hydrogens is 148 g/mol. The lowest BCUT2D eigenvalue weighted by Gasteiger charge is -2.28. The summed E-state index contributed by atoms with van der Waals surface area (Å²) in [6.07, 6.45) is -0.292. The first kappa shape index (κ1) is 8.49. The first-order valence-electron chi connectivity index (χ1n) is 3.72. The number of aliphatic carboxylic acids is 1. The van der Waals surface area contributed by atoms with Crippen molar-refractivity contribution in [2.24, 2.45) is 5.92 Å². The highest BCUT2D eigenvalue weighted by Gasteiger charge is 2.34. The topological polar surface area (TPSA) is 77.8 Å². The first-order valence-corrected chi connectivity index (χ1v) is 3.72. The molecule has 1 unspecified atom stereocenters. The number of hydrogen-bond acceptors (Lipinski definition) is 3. The summed E-state index contributed by atoms with van der Waals surface area (Å²) in [7, 11) is 0. The van der Waals surface area contributed by atoms with Crippen LogP contribution >= 0.6 is 0 Å². The highest BCUT2D eigenvalue weighted by Crippen LogP contribution is 2.24. The highest BCUT2D eigenvalue weighted by molar-refractivity contribution is 5.70. The molecule has 1 rings (SSSR count). The lowest BCUT2D eigenvalue weighted by Crippen LogP contribution is -2.41. The van der Waals surface area contributed by atoms with Crippen molar-refractivity contribution in [3.63, 3.8) is 0 Å². The Hall–Kier alpha value is -0.610. The monoisotopic (exact) mass is 160 g/mol. The Bertz CT molecular complexity index is 157. The van der Waals surface area contributed by atoms with Gasteiger partial charge in [-0.05, 0) is 19.3 Å². The maximum absolute atomic E-state index is 10.4. The predicted octanol–water partition coefficient (Wildman–Crippen LogP) is -0.407. The second kappa shape index (κ2) is 3.19. The number of hydrogen-bond donors (Lipinski definition) is 3. The fraction of sp³-hybridized carbons (Fsp3) is 0.857. The summed E-state index contributed by atoms with van der Waals surface area (Å²) >= 11 is 0. The Morgan fingerprint density at radius 1 is 1.27 bits per heavy atom. The van der Waals surface area contributed by atoms with Gasteiger partial charge in [0.25, 0.3) is 0 Å². The molecule has 0 aromatic carbocycles. The van der Waals surface area contributed by atoms with E-state index in [4.69, 9.17) is 10.2 Å². The Kier molecular flexibility index (Phi) is 2.46. The summed E-state index contributed by atoms with van der Waals surface area (Å²) in [5.74, 6) is -1.80. The molecule has 0 aromatic heterocycles. The van der Waals surface area contributed by atoms with Crippen LogP contribution in [0.3, 0.4) is 0 Å². The Morgan fingerprint density at radius 2 is 1.91 bits per heavy atom. The molecule has 3 atom stereocenters. The highest BCUT2D eigenvalue weighted by atomic mass is 16.4. The van der Waals surface area contributed by atoms with Gasteiger partial charge in [-0.3, -0.25) is 4.79 Å². The number of rotatable bonds is 1. The van der Waals surface area contributed by atoms with Crippen LogP contribution < -0.4 is 0 Å². The van der Waals surface area contributed by atoms with E-state index in [9.17, 15) is 9.90 Å². The van der Waals surface area contributed by atoms with E-state index in [1.165, 1.54) is 0 Å². The molecular formula is C7H12O4. The zero-order valence-electron chi connectivity index (χ0n) is 6.10. The van der Waals surface area contributed by atoms with E-state index < -0.39 is 24.1 Å². The number of carboxylic acid groups (broad SMARTS) is 1. The van der Waals surface area contributed by atoms with Crippen LogP contribution in [0.4, 0.5) is 0 Å². The molecule has 4 heteroatoms. The Morgan fingerprint density at radius 3 is 2.36 bits per heavy atom. The van der Waals surface area contributed by atoms with Crippen LogP contribution in [0.1, 0.15) is 19.3 Å². The first-order chi connectivity index (χ1) is 5.13. The van der Waals surface area contributed by atoms with Gasteiger partial charge in [0.15, 0.2) is 0 Å². The predicted molar refractivity (Wildman–Crippen MR) is 37.0 cm³/mol. The van der Waals surface area contributed by atoms with Crippen molar-refractivity contribution in [2.75, 3.05) is 0 Å². The molecule has 0 aliphatic heterocycles. The van der Waals surface area contributed by atoms with Crippen molar-refractivity contribution < 1.29 is 20.1 Å². The molecule has 0 spiro atoms. The van der Waals surface area contributed by atoms with Crippen LogP contribution in [0, 0.1) is 5.92 Å². The molecule has 0 radical (unpaired) electrons. The largest absolute Gasteiger partial charge is 0.481 e. The lowest BCUT2D eigenvalue weighted by atomic mass is 9.85. The molecule has 11 heavy (non-hydrogen) atoms. The molecule has 0 heterocycles. The molecule has 1 aliphatic carbocycles. The lowest BCUT2D eigenvalue weighted by molar-refractivity contribution is -0.152. The van der Waals surface area contributed by atoms with Crippen LogP contribution in [0.5, 0.6) is 0 Å². The molecule has 0 aromatic rings. The van der Waals surface area contributed by atoms with Gasteiger partial charge in [-0.15, -0.1) is 0 Å². The maximum atomic E-state index is 10.4. The van der Waals surface area contributed by atoms with E-state index in [1.807, 2.05) is 0 Å². The zero-order chi connectivity index (χ0) is 8.43. The van der Waals surface area contributed by atoms with E-state index in [2.05, 4.69) is 0 Å². The third kappa shape index (κ3) is 1.70. The summed E-state index contributed by atoms with van der Waals surface area (Å²) in [6, 6.07) is 0. The van der Waals surface area contributed by atoms with Gasteiger partial charge in [-0.1, -0.05) is 0 Å². The van der Waals surface area contributed by atoms with Crippen LogP contribution in [0.2, 0.25) is 0 Å². The Labute approximate surface area is 64.5 Å². The third-order valence-corrected chi connectivity index (χ3v) is 2.14. The average Bonchev–Trinajstić information content (AvgIpc) is 1.94. The van der Waals surface area contributed by atoms with Crippen molar-refractivity contribution in [3.05, 3.63) is 0 Å². The van der Waals surface area contributed by atoms with Gasteiger partial charge in [0, 0.05) is 0 Å².